The molecule has 30 heavy (non-hydrogen) atoms. The van der Waals surface area contributed by atoms with E-state index in [2.05, 4.69) is 0 Å². The van der Waals surface area contributed by atoms with Gasteiger partial charge in [0.15, 0.2) is 29.6 Å². The third kappa shape index (κ3) is 5.56. The lowest BCUT2D eigenvalue weighted by Crippen LogP contribution is -2.50. The minimum absolute atomic E-state index is 0.00384. The molecular weight excluding hydrogens is 408 g/mol. The molecule has 0 N–H and O–H groups in total. The Kier molecular flexibility index (Phi) is 7.47. The number of hydrogen-bond acceptors (Lipinski definition) is 5. The first-order valence-corrected chi connectivity index (χ1v) is 10.3. The fourth-order valence-corrected chi connectivity index (χ4v) is 3.71. The van der Waals surface area contributed by atoms with Gasteiger partial charge in [0.1, 0.15) is 5.75 Å². The quantitative estimate of drug-likeness (QED) is 0.544. The van der Waals surface area contributed by atoms with Crippen LogP contribution in [0.4, 0.5) is 17.6 Å². The summed E-state index contributed by atoms with van der Waals surface area (Å²) >= 11 is 0. The maximum Gasteiger partial charge on any atom is 0.424 e. The second kappa shape index (κ2) is 9.70. The van der Waals surface area contributed by atoms with Crippen molar-refractivity contribution in [1.82, 2.24) is 0 Å². The molecule has 0 saturated carbocycles. The molecule has 2 atom stereocenters. The molecule has 0 radical (unpaired) electrons. The second-order valence-corrected chi connectivity index (χ2v) is 7.74. The summed E-state index contributed by atoms with van der Waals surface area (Å²) in [5.41, 5.74) is -1.50. The highest BCUT2D eigenvalue weighted by molar-refractivity contribution is 5.33. The Morgan fingerprint density at radius 2 is 1.87 bits per heavy atom. The van der Waals surface area contributed by atoms with E-state index in [0.717, 1.165) is 6.07 Å². The molecule has 0 bridgehead atoms. The van der Waals surface area contributed by atoms with Crippen LogP contribution < -0.4 is 9.47 Å². The fourth-order valence-electron chi connectivity index (χ4n) is 3.71. The third-order valence-electron chi connectivity index (χ3n) is 5.24. The van der Waals surface area contributed by atoms with Crippen LogP contribution in [0.15, 0.2) is 18.2 Å². The summed E-state index contributed by atoms with van der Waals surface area (Å²) in [5, 5.41) is 0. The molecule has 2 heterocycles. The van der Waals surface area contributed by atoms with Crippen LogP contribution >= 0.6 is 0 Å². The minimum Gasteiger partial charge on any atom is -0.491 e. The molecule has 0 aromatic heterocycles. The molecule has 170 valence electrons. The molecular formula is C21H28F4O5. The molecule has 0 spiro atoms. The standard InChI is InChI=1S/C21H28F4O5/c1-3-9-20(23)12-28-19(29-13-20)14-5-8-18(27-11-14)21(24,25)30-15-6-7-17(26-4-2)16(22)10-15/h6-7,10,14,18-19H,3-5,8-9,11-13H2,1-2H3. The van der Waals surface area contributed by atoms with Crippen molar-refractivity contribution in [1.29, 1.82) is 0 Å². The van der Waals surface area contributed by atoms with Gasteiger partial charge in [-0.2, -0.15) is 8.78 Å². The Hall–Kier alpha value is -1.58. The number of benzene rings is 1. The van der Waals surface area contributed by atoms with E-state index in [1.807, 2.05) is 6.92 Å². The predicted octanol–water partition coefficient (Wildman–Crippen LogP) is 4.87. The van der Waals surface area contributed by atoms with Gasteiger partial charge in [0.25, 0.3) is 0 Å². The van der Waals surface area contributed by atoms with Crippen LogP contribution in [0.5, 0.6) is 11.5 Å². The van der Waals surface area contributed by atoms with E-state index in [9.17, 15) is 17.6 Å². The van der Waals surface area contributed by atoms with Crippen LogP contribution in [-0.2, 0) is 14.2 Å². The second-order valence-electron chi connectivity index (χ2n) is 7.74. The molecule has 1 aromatic rings. The topological polar surface area (TPSA) is 46.2 Å². The van der Waals surface area contributed by atoms with Crippen molar-refractivity contribution in [2.75, 3.05) is 26.4 Å². The van der Waals surface area contributed by atoms with Crippen LogP contribution in [0.3, 0.4) is 0 Å². The molecule has 0 aliphatic carbocycles. The van der Waals surface area contributed by atoms with Crippen LogP contribution in [0.2, 0.25) is 0 Å². The van der Waals surface area contributed by atoms with Crippen molar-refractivity contribution in [2.24, 2.45) is 5.92 Å². The highest BCUT2D eigenvalue weighted by atomic mass is 19.3. The lowest BCUT2D eigenvalue weighted by Gasteiger charge is -2.40. The zero-order chi connectivity index (χ0) is 21.8. The Morgan fingerprint density at radius 1 is 1.13 bits per heavy atom. The van der Waals surface area contributed by atoms with Gasteiger partial charge in [0.2, 0.25) is 0 Å². The average Bonchev–Trinajstić information content (AvgIpc) is 2.71. The van der Waals surface area contributed by atoms with E-state index in [1.54, 1.807) is 6.92 Å². The fraction of sp³-hybridized carbons (Fsp3) is 0.714. The molecule has 2 aliphatic rings. The van der Waals surface area contributed by atoms with Gasteiger partial charge in [-0.05, 0) is 38.3 Å². The maximum absolute atomic E-state index is 14.5. The van der Waals surface area contributed by atoms with Crippen molar-refractivity contribution in [3.8, 4) is 11.5 Å². The van der Waals surface area contributed by atoms with E-state index >= 15 is 0 Å². The highest BCUT2D eigenvalue weighted by Crippen LogP contribution is 2.37. The minimum atomic E-state index is -3.64. The summed E-state index contributed by atoms with van der Waals surface area (Å²) in [7, 11) is 0. The van der Waals surface area contributed by atoms with Crippen molar-refractivity contribution < 1.29 is 41.2 Å². The van der Waals surface area contributed by atoms with Gasteiger partial charge in [-0.15, -0.1) is 0 Å². The molecule has 5 nitrogen and oxygen atoms in total. The number of alkyl halides is 3. The van der Waals surface area contributed by atoms with E-state index in [4.69, 9.17) is 23.7 Å². The Balaban J connectivity index is 1.51. The van der Waals surface area contributed by atoms with E-state index in [-0.39, 0.29) is 50.3 Å². The summed E-state index contributed by atoms with van der Waals surface area (Å²) in [5.74, 6) is -1.41. The largest absolute Gasteiger partial charge is 0.491 e. The Labute approximate surface area is 173 Å². The van der Waals surface area contributed by atoms with Gasteiger partial charge in [0, 0.05) is 12.0 Å². The zero-order valence-corrected chi connectivity index (χ0v) is 17.2. The van der Waals surface area contributed by atoms with E-state index in [0.29, 0.717) is 19.3 Å². The smallest absolute Gasteiger partial charge is 0.424 e. The number of ether oxygens (including phenoxy) is 5. The molecule has 3 rings (SSSR count). The van der Waals surface area contributed by atoms with Gasteiger partial charge in [-0.1, -0.05) is 13.3 Å². The summed E-state index contributed by atoms with van der Waals surface area (Å²) < 4.78 is 83.4. The van der Waals surface area contributed by atoms with Crippen LogP contribution in [0, 0.1) is 11.7 Å². The lowest BCUT2D eigenvalue weighted by atomic mass is 9.95. The first-order valence-electron chi connectivity index (χ1n) is 10.3. The maximum atomic E-state index is 14.5. The van der Waals surface area contributed by atoms with Crippen LogP contribution in [0.25, 0.3) is 0 Å². The van der Waals surface area contributed by atoms with Crippen LogP contribution in [0.1, 0.15) is 39.5 Å². The highest BCUT2D eigenvalue weighted by Gasteiger charge is 2.48. The van der Waals surface area contributed by atoms with Gasteiger partial charge in [-0.25, -0.2) is 8.78 Å². The summed E-state index contributed by atoms with van der Waals surface area (Å²) in [6.45, 7) is 3.64. The first-order chi connectivity index (χ1) is 14.3. The predicted molar refractivity (Wildman–Crippen MR) is 100 cm³/mol. The Bertz CT molecular complexity index is 686. The molecule has 9 heteroatoms. The summed E-state index contributed by atoms with van der Waals surface area (Å²) in [6, 6.07) is 3.31. The molecule has 0 amide bonds. The SMILES string of the molecule is CCCC1(F)COC(C2CCC(C(F)(F)Oc3ccc(OCC)c(F)c3)OC2)OC1. The van der Waals surface area contributed by atoms with Crippen molar-refractivity contribution in [3.05, 3.63) is 24.0 Å². The molecule has 2 fully saturated rings. The summed E-state index contributed by atoms with van der Waals surface area (Å²) in [4.78, 5) is 0. The Morgan fingerprint density at radius 3 is 2.43 bits per heavy atom. The van der Waals surface area contributed by atoms with Crippen molar-refractivity contribution >= 4 is 0 Å². The average molecular weight is 436 g/mol. The van der Waals surface area contributed by atoms with Gasteiger partial charge in [0.05, 0.1) is 26.4 Å². The van der Waals surface area contributed by atoms with Crippen molar-refractivity contribution in [3.63, 3.8) is 0 Å². The number of halogens is 4. The number of hydrogen-bond donors (Lipinski definition) is 0. The van der Waals surface area contributed by atoms with E-state index in [1.165, 1.54) is 12.1 Å². The lowest BCUT2D eigenvalue weighted by molar-refractivity contribution is -0.294. The molecule has 2 aliphatic heterocycles. The summed E-state index contributed by atoms with van der Waals surface area (Å²) in [6.07, 6.45) is -4.45. The normalized spacial score (nSPS) is 30.1. The van der Waals surface area contributed by atoms with Gasteiger partial charge < -0.3 is 23.7 Å². The van der Waals surface area contributed by atoms with Gasteiger partial charge in [-0.3, -0.25) is 0 Å². The monoisotopic (exact) mass is 436 g/mol. The molecule has 2 saturated heterocycles. The van der Waals surface area contributed by atoms with Gasteiger partial charge >= 0.3 is 6.11 Å². The van der Waals surface area contributed by atoms with Crippen molar-refractivity contribution in [2.45, 2.75) is 63.7 Å². The number of rotatable bonds is 8. The molecule has 1 aromatic carbocycles. The zero-order valence-electron chi connectivity index (χ0n) is 17.2. The third-order valence-corrected chi connectivity index (χ3v) is 5.24. The molecule has 2 unspecified atom stereocenters. The first kappa shape index (κ1) is 23.1. The van der Waals surface area contributed by atoms with Crippen LogP contribution in [-0.4, -0.2) is 50.6 Å². The van der Waals surface area contributed by atoms with E-state index < -0.39 is 30.0 Å².